The molecule has 0 amide bonds. The van der Waals surface area contributed by atoms with E-state index in [1.165, 1.54) is 0 Å². The van der Waals surface area contributed by atoms with Crippen LogP contribution in [0.15, 0.2) is 24.3 Å². The van der Waals surface area contributed by atoms with Gasteiger partial charge in [-0.2, -0.15) is 11.8 Å². The average molecular weight is 198 g/mol. The van der Waals surface area contributed by atoms with Crippen LogP contribution in [-0.4, -0.2) is 23.2 Å². The molecule has 3 heteroatoms. The molecule has 0 radical (unpaired) electrons. The number of hydrogen-bond donors (Lipinski definition) is 1. The standard InChI is InChI=1S/C10H14O2S/c1-2-13-8-7-12-10-6-4-3-5-9(10)11/h3-6,11H,2,7-8H2,1H3. The molecule has 2 nitrogen and oxygen atoms in total. The normalized spacial score (nSPS) is 9.92. The summed E-state index contributed by atoms with van der Waals surface area (Å²) in [4.78, 5) is 0. The molecular formula is C10H14O2S. The molecule has 0 unspecified atom stereocenters. The van der Waals surface area contributed by atoms with Gasteiger partial charge in [-0.15, -0.1) is 0 Å². The fourth-order valence-electron chi connectivity index (χ4n) is 0.934. The Morgan fingerprint density at radius 1 is 1.38 bits per heavy atom. The van der Waals surface area contributed by atoms with Crippen LogP contribution in [0.4, 0.5) is 0 Å². The second-order valence-electron chi connectivity index (χ2n) is 2.51. The molecule has 72 valence electrons. The van der Waals surface area contributed by atoms with Crippen molar-refractivity contribution in [1.29, 1.82) is 0 Å². The Kier molecular flexibility index (Phi) is 4.54. The van der Waals surface area contributed by atoms with Gasteiger partial charge in [0, 0.05) is 5.75 Å². The van der Waals surface area contributed by atoms with Crippen LogP contribution in [0, 0.1) is 0 Å². The third-order valence-corrected chi connectivity index (χ3v) is 2.42. The molecule has 0 atom stereocenters. The van der Waals surface area contributed by atoms with E-state index in [4.69, 9.17) is 4.74 Å². The van der Waals surface area contributed by atoms with Crippen LogP contribution in [0.25, 0.3) is 0 Å². The van der Waals surface area contributed by atoms with Crippen molar-refractivity contribution in [3.63, 3.8) is 0 Å². The first-order chi connectivity index (χ1) is 6.34. The van der Waals surface area contributed by atoms with Crippen molar-refractivity contribution in [2.24, 2.45) is 0 Å². The molecule has 1 aromatic carbocycles. The van der Waals surface area contributed by atoms with Crippen molar-refractivity contribution < 1.29 is 9.84 Å². The van der Waals surface area contributed by atoms with E-state index in [1.54, 1.807) is 18.2 Å². The number of thioether (sulfide) groups is 1. The van der Waals surface area contributed by atoms with Crippen LogP contribution in [0.5, 0.6) is 11.5 Å². The van der Waals surface area contributed by atoms with Gasteiger partial charge in [0.05, 0.1) is 6.61 Å². The van der Waals surface area contributed by atoms with Crippen LogP contribution in [0.1, 0.15) is 6.92 Å². The van der Waals surface area contributed by atoms with Crippen molar-refractivity contribution in [1.82, 2.24) is 0 Å². The molecule has 0 fully saturated rings. The van der Waals surface area contributed by atoms with Crippen molar-refractivity contribution in [3.8, 4) is 11.5 Å². The molecule has 0 aliphatic heterocycles. The minimum absolute atomic E-state index is 0.212. The van der Waals surface area contributed by atoms with Crippen LogP contribution in [0.2, 0.25) is 0 Å². The van der Waals surface area contributed by atoms with Gasteiger partial charge in [0.2, 0.25) is 0 Å². The third kappa shape index (κ3) is 3.59. The summed E-state index contributed by atoms with van der Waals surface area (Å²) >= 11 is 1.83. The highest BCUT2D eigenvalue weighted by molar-refractivity contribution is 7.99. The fourth-order valence-corrected chi connectivity index (χ4v) is 1.42. The zero-order chi connectivity index (χ0) is 9.52. The summed E-state index contributed by atoms with van der Waals surface area (Å²) in [5, 5.41) is 9.34. The first-order valence-electron chi connectivity index (χ1n) is 4.33. The van der Waals surface area contributed by atoms with Crippen LogP contribution in [-0.2, 0) is 0 Å². The Hall–Kier alpha value is -0.830. The summed E-state index contributed by atoms with van der Waals surface area (Å²) in [6.45, 7) is 2.76. The van der Waals surface area contributed by atoms with Crippen LogP contribution < -0.4 is 4.74 Å². The second-order valence-corrected chi connectivity index (χ2v) is 3.91. The van der Waals surface area contributed by atoms with E-state index in [1.807, 2.05) is 17.8 Å². The summed E-state index contributed by atoms with van der Waals surface area (Å²) < 4.78 is 5.37. The number of para-hydroxylation sites is 2. The van der Waals surface area contributed by atoms with Gasteiger partial charge in [0.25, 0.3) is 0 Å². The van der Waals surface area contributed by atoms with Crippen LogP contribution >= 0.6 is 11.8 Å². The van der Waals surface area contributed by atoms with Gasteiger partial charge in [0.15, 0.2) is 11.5 Å². The largest absolute Gasteiger partial charge is 0.504 e. The van der Waals surface area contributed by atoms with E-state index in [0.717, 1.165) is 11.5 Å². The number of phenols is 1. The molecule has 0 spiro atoms. The Morgan fingerprint density at radius 2 is 2.15 bits per heavy atom. The smallest absolute Gasteiger partial charge is 0.160 e. The summed E-state index contributed by atoms with van der Waals surface area (Å²) in [7, 11) is 0. The van der Waals surface area contributed by atoms with Gasteiger partial charge in [-0.1, -0.05) is 19.1 Å². The monoisotopic (exact) mass is 198 g/mol. The summed E-state index contributed by atoms with van der Waals surface area (Å²) in [6.07, 6.45) is 0. The Labute approximate surface area is 82.9 Å². The molecule has 1 N–H and O–H groups in total. The first-order valence-corrected chi connectivity index (χ1v) is 5.48. The lowest BCUT2D eigenvalue weighted by molar-refractivity contribution is 0.321. The maximum absolute atomic E-state index is 9.34. The topological polar surface area (TPSA) is 29.5 Å². The molecular weight excluding hydrogens is 184 g/mol. The molecule has 0 aromatic heterocycles. The Balaban J connectivity index is 2.32. The minimum Gasteiger partial charge on any atom is -0.504 e. The zero-order valence-electron chi connectivity index (χ0n) is 7.69. The maximum atomic E-state index is 9.34. The molecule has 0 aliphatic carbocycles. The predicted octanol–water partition coefficient (Wildman–Crippen LogP) is 2.52. The molecule has 0 bridgehead atoms. The average Bonchev–Trinajstić information content (AvgIpc) is 2.15. The SMILES string of the molecule is CCSCCOc1ccccc1O. The predicted molar refractivity (Wildman–Crippen MR) is 56.6 cm³/mol. The molecule has 0 heterocycles. The number of ether oxygens (including phenoxy) is 1. The highest BCUT2D eigenvalue weighted by atomic mass is 32.2. The molecule has 1 aromatic rings. The number of aromatic hydroxyl groups is 1. The van der Waals surface area contributed by atoms with Crippen molar-refractivity contribution >= 4 is 11.8 Å². The maximum Gasteiger partial charge on any atom is 0.160 e. The minimum atomic E-state index is 0.212. The van der Waals surface area contributed by atoms with Gasteiger partial charge in [0.1, 0.15) is 0 Å². The fraction of sp³-hybridized carbons (Fsp3) is 0.400. The van der Waals surface area contributed by atoms with Gasteiger partial charge < -0.3 is 9.84 Å². The number of benzene rings is 1. The van der Waals surface area contributed by atoms with E-state index >= 15 is 0 Å². The quantitative estimate of drug-likeness (QED) is 0.737. The summed E-state index contributed by atoms with van der Waals surface area (Å²) in [6, 6.07) is 7.03. The van der Waals surface area contributed by atoms with Crippen molar-refractivity contribution in [2.75, 3.05) is 18.1 Å². The Morgan fingerprint density at radius 3 is 2.85 bits per heavy atom. The molecule has 0 saturated carbocycles. The number of hydrogen-bond acceptors (Lipinski definition) is 3. The summed E-state index contributed by atoms with van der Waals surface area (Å²) in [5.74, 6) is 2.85. The van der Waals surface area contributed by atoms with Crippen molar-refractivity contribution in [3.05, 3.63) is 24.3 Å². The highest BCUT2D eigenvalue weighted by Crippen LogP contribution is 2.24. The highest BCUT2D eigenvalue weighted by Gasteiger charge is 1.98. The Bertz CT molecular complexity index is 250. The lowest BCUT2D eigenvalue weighted by atomic mass is 10.3. The van der Waals surface area contributed by atoms with E-state index in [2.05, 4.69) is 6.92 Å². The van der Waals surface area contributed by atoms with E-state index in [0.29, 0.717) is 12.4 Å². The third-order valence-electron chi connectivity index (χ3n) is 1.55. The van der Waals surface area contributed by atoms with Gasteiger partial charge in [-0.3, -0.25) is 0 Å². The van der Waals surface area contributed by atoms with Crippen molar-refractivity contribution in [2.45, 2.75) is 6.92 Å². The zero-order valence-corrected chi connectivity index (χ0v) is 8.51. The first kappa shape index (κ1) is 10.3. The molecule has 13 heavy (non-hydrogen) atoms. The summed E-state index contributed by atoms with van der Waals surface area (Å²) in [5.41, 5.74) is 0. The lowest BCUT2D eigenvalue weighted by Gasteiger charge is -2.06. The van der Waals surface area contributed by atoms with Gasteiger partial charge >= 0.3 is 0 Å². The number of rotatable bonds is 5. The van der Waals surface area contributed by atoms with Crippen LogP contribution in [0.3, 0.4) is 0 Å². The molecule has 0 saturated heterocycles. The second kappa shape index (κ2) is 5.75. The lowest BCUT2D eigenvalue weighted by Crippen LogP contribution is -2.00. The number of phenolic OH excluding ortho intramolecular Hbond substituents is 1. The van der Waals surface area contributed by atoms with E-state index in [9.17, 15) is 5.11 Å². The molecule has 1 rings (SSSR count). The molecule has 0 aliphatic rings. The van der Waals surface area contributed by atoms with E-state index < -0.39 is 0 Å². The van der Waals surface area contributed by atoms with Gasteiger partial charge in [-0.05, 0) is 17.9 Å². The van der Waals surface area contributed by atoms with E-state index in [-0.39, 0.29) is 5.75 Å². The van der Waals surface area contributed by atoms with Gasteiger partial charge in [-0.25, -0.2) is 0 Å².